The predicted molar refractivity (Wildman–Crippen MR) is 77.7 cm³/mol. The van der Waals surface area contributed by atoms with E-state index in [-0.39, 0.29) is 5.60 Å². The number of hydrogen-bond acceptors (Lipinski definition) is 4. The van der Waals surface area contributed by atoms with Gasteiger partial charge < -0.3 is 19.3 Å². The van der Waals surface area contributed by atoms with Crippen LogP contribution in [0.3, 0.4) is 0 Å². The quantitative estimate of drug-likeness (QED) is 0.875. The lowest BCUT2D eigenvalue weighted by Gasteiger charge is -2.42. The Hall–Kier alpha value is -0.970. The topological polar surface area (TPSA) is 47.9 Å². The molecule has 0 amide bonds. The third kappa shape index (κ3) is 2.87. The summed E-state index contributed by atoms with van der Waals surface area (Å²) in [6.45, 7) is 0. The molecule has 5 heteroatoms. The number of hydrogen-bond donors (Lipinski definition) is 1. The van der Waals surface area contributed by atoms with Gasteiger partial charge in [0.05, 0.1) is 30.9 Å². The van der Waals surface area contributed by atoms with Gasteiger partial charge in [-0.2, -0.15) is 0 Å². The van der Waals surface area contributed by atoms with Crippen LogP contribution in [0.25, 0.3) is 0 Å². The van der Waals surface area contributed by atoms with Crippen molar-refractivity contribution in [2.24, 2.45) is 0 Å². The molecule has 1 fully saturated rings. The van der Waals surface area contributed by atoms with E-state index in [1.54, 1.807) is 33.5 Å². The van der Waals surface area contributed by atoms with E-state index in [9.17, 15) is 5.11 Å². The number of rotatable bonds is 6. The minimum atomic E-state index is -0.678. The highest BCUT2D eigenvalue weighted by atomic mass is 35.5. The first-order valence-corrected chi connectivity index (χ1v) is 7.07. The lowest BCUT2D eigenvalue weighted by molar-refractivity contribution is -0.0999. The Balaban J connectivity index is 2.23. The summed E-state index contributed by atoms with van der Waals surface area (Å²) in [6, 6.07) is 3.40. The molecule has 1 aliphatic carbocycles. The van der Waals surface area contributed by atoms with Crippen molar-refractivity contribution in [1.29, 1.82) is 0 Å². The Morgan fingerprint density at radius 1 is 1.20 bits per heavy atom. The Morgan fingerprint density at radius 2 is 1.80 bits per heavy atom. The second-order valence-electron chi connectivity index (χ2n) is 5.19. The molecule has 1 N–H and O–H groups in total. The van der Waals surface area contributed by atoms with Crippen molar-refractivity contribution in [2.45, 2.75) is 37.4 Å². The van der Waals surface area contributed by atoms with Crippen molar-refractivity contribution >= 4 is 11.6 Å². The average Bonchev–Trinajstić information content (AvgIpc) is 2.42. The van der Waals surface area contributed by atoms with E-state index in [1.807, 2.05) is 0 Å². The number of methoxy groups -OCH3 is 3. The highest BCUT2D eigenvalue weighted by Crippen LogP contribution is 2.44. The first-order chi connectivity index (χ1) is 9.55. The van der Waals surface area contributed by atoms with Gasteiger partial charge in [-0.1, -0.05) is 11.6 Å². The van der Waals surface area contributed by atoms with E-state index in [0.29, 0.717) is 28.5 Å². The fraction of sp³-hybridized carbons (Fsp3) is 0.600. The second-order valence-corrected chi connectivity index (χ2v) is 5.60. The first-order valence-electron chi connectivity index (χ1n) is 6.70. The maximum atomic E-state index is 10.5. The molecule has 0 aromatic heterocycles. The predicted octanol–water partition coefficient (Wildman–Crippen LogP) is 3.35. The zero-order valence-electron chi connectivity index (χ0n) is 12.1. The fourth-order valence-electron chi connectivity index (χ4n) is 2.65. The zero-order chi connectivity index (χ0) is 14.8. The smallest absolute Gasteiger partial charge is 0.162 e. The molecule has 1 unspecified atom stereocenters. The lowest BCUT2D eigenvalue weighted by Crippen LogP contribution is -2.40. The van der Waals surface area contributed by atoms with Crippen LogP contribution in [0.1, 0.15) is 37.4 Å². The van der Waals surface area contributed by atoms with Gasteiger partial charge in [0.2, 0.25) is 0 Å². The summed E-state index contributed by atoms with van der Waals surface area (Å²) in [5.74, 6) is 1.12. The van der Waals surface area contributed by atoms with Crippen molar-refractivity contribution < 1.29 is 19.3 Å². The van der Waals surface area contributed by atoms with Crippen LogP contribution >= 0.6 is 11.6 Å². The minimum Gasteiger partial charge on any atom is -0.493 e. The van der Waals surface area contributed by atoms with Crippen LogP contribution < -0.4 is 9.47 Å². The van der Waals surface area contributed by atoms with E-state index in [1.165, 1.54) is 0 Å². The number of benzene rings is 1. The van der Waals surface area contributed by atoms with Crippen LogP contribution in [0, 0.1) is 0 Å². The van der Waals surface area contributed by atoms with Crippen LogP contribution in [0.15, 0.2) is 12.1 Å². The Bertz CT molecular complexity index is 466. The minimum absolute atomic E-state index is 0.212. The molecular formula is C15H21ClO4. The summed E-state index contributed by atoms with van der Waals surface area (Å²) in [5.41, 5.74) is 0.434. The normalized spacial score (nSPS) is 18.2. The molecule has 20 heavy (non-hydrogen) atoms. The maximum Gasteiger partial charge on any atom is 0.162 e. The molecule has 112 valence electrons. The number of halogens is 1. The lowest BCUT2D eigenvalue weighted by atomic mass is 9.75. The number of aliphatic hydroxyl groups excluding tert-OH is 1. The molecule has 1 saturated carbocycles. The van der Waals surface area contributed by atoms with Crippen molar-refractivity contribution in [1.82, 2.24) is 0 Å². The van der Waals surface area contributed by atoms with Gasteiger partial charge in [-0.15, -0.1) is 0 Å². The molecule has 1 aromatic rings. The molecule has 0 aliphatic heterocycles. The van der Waals surface area contributed by atoms with Crippen molar-refractivity contribution in [3.63, 3.8) is 0 Å². The molecule has 0 spiro atoms. The van der Waals surface area contributed by atoms with Crippen LogP contribution in [-0.2, 0) is 4.74 Å². The fourth-order valence-corrected chi connectivity index (χ4v) is 2.93. The molecule has 0 bridgehead atoms. The molecule has 4 nitrogen and oxygen atoms in total. The highest BCUT2D eigenvalue weighted by Gasteiger charge is 2.39. The van der Waals surface area contributed by atoms with Crippen LogP contribution in [0.4, 0.5) is 0 Å². The van der Waals surface area contributed by atoms with E-state index in [0.717, 1.165) is 19.3 Å². The Morgan fingerprint density at radius 3 is 2.25 bits per heavy atom. The molecule has 1 atom stereocenters. The summed E-state index contributed by atoms with van der Waals surface area (Å²) in [6.07, 6.45) is 2.96. The van der Waals surface area contributed by atoms with Crippen LogP contribution in [0.2, 0.25) is 5.02 Å². The van der Waals surface area contributed by atoms with Gasteiger partial charge in [-0.05, 0) is 25.3 Å². The summed E-state index contributed by atoms with van der Waals surface area (Å²) < 4.78 is 16.0. The molecular weight excluding hydrogens is 280 g/mol. The molecule has 1 aromatic carbocycles. The van der Waals surface area contributed by atoms with E-state index >= 15 is 0 Å². The van der Waals surface area contributed by atoms with E-state index < -0.39 is 6.10 Å². The summed E-state index contributed by atoms with van der Waals surface area (Å²) in [5, 5.41) is 10.9. The monoisotopic (exact) mass is 300 g/mol. The van der Waals surface area contributed by atoms with Crippen molar-refractivity contribution in [3.05, 3.63) is 22.7 Å². The Kier molecular flexibility index (Phi) is 4.78. The third-order valence-corrected chi connectivity index (χ3v) is 4.45. The van der Waals surface area contributed by atoms with Crippen molar-refractivity contribution in [3.8, 4) is 11.5 Å². The number of aliphatic hydroxyl groups is 1. The highest BCUT2D eigenvalue weighted by molar-refractivity contribution is 6.31. The molecule has 2 rings (SSSR count). The van der Waals surface area contributed by atoms with Crippen LogP contribution in [-0.4, -0.2) is 32.0 Å². The van der Waals surface area contributed by atoms with Gasteiger partial charge in [0.1, 0.15) is 0 Å². The van der Waals surface area contributed by atoms with Gasteiger partial charge in [0, 0.05) is 25.2 Å². The molecule has 1 aliphatic rings. The van der Waals surface area contributed by atoms with Crippen molar-refractivity contribution in [2.75, 3.05) is 21.3 Å². The largest absolute Gasteiger partial charge is 0.493 e. The standard InChI is InChI=1S/C15H21ClO4/c1-18-13-7-10(11(16)8-14(13)19-2)12(17)9-15(20-3)5-4-6-15/h7-8,12,17H,4-6,9H2,1-3H3. The maximum absolute atomic E-state index is 10.5. The first kappa shape index (κ1) is 15.4. The molecule has 0 saturated heterocycles. The van der Waals surface area contributed by atoms with Gasteiger partial charge in [0.15, 0.2) is 11.5 Å². The summed E-state index contributed by atoms with van der Waals surface area (Å²) in [7, 11) is 4.81. The number of ether oxygens (including phenoxy) is 3. The second kappa shape index (κ2) is 6.20. The SMILES string of the molecule is COc1cc(Cl)c(C(O)CC2(OC)CCC2)cc1OC. The Labute approximate surface area is 124 Å². The van der Waals surface area contributed by atoms with Gasteiger partial charge >= 0.3 is 0 Å². The van der Waals surface area contributed by atoms with Crippen LogP contribution in [0.5, 0.6) is 11.5 Å². The zero-order valence-corrected chi connectivity index (χ0v) is 12.9. The molecule has 0 radical (unpaired) electrons. The van der Waals surface area contributed by atoms with E-state index in [2.05, 4.69) is 0 Å². The van der Waals surface area contributed by atoms with Gasteiger partial charge in [-0.25, -0.2) is 0 Å². The van der Waals surface area contributed by atoms with Gasteiger partial charge in [-0.3, -0.25) is 0 Å². The average molecular weight is 301 g/mol. The van der Waals surface area contributed by atoms with Gasteiger partial charge in [0.25, 0.3) is 0 Å². The third-order valence-electron chi connectivity index (χ3n) is 4.13. The molecule has 0 heterocycles. The summed E-state index contributed by atoms with van der Waals surface area (Å²) in [4.78, 5) is 0. The van der Waals surface area contributed by atoms with E-state index in [4.69, 9.17) is 25.8 Å². The summed E-state index contributed by atoms with van der Waals surface area (Å²) >= 11 is 6.23.